The monoisotopic (exact) mass is 1270 g/mol. The number of quaternary nitrogens is 1. The number of carbonyl (C=O) groups excluding carboxylic acids is 1. The second-order valence-electron chi connectivity index (χ2n) is 25.2. The fourth-order valence-electron chi connectivity index (χ4n) is 9.79. The van der Waals surface area contributed by atoms with Crippen LogP contribution in [0.5, 0.6) is 0 Å². The number of hydrogen-bond donors (Lipinski definition) is 3. The first-order chi connectivity index (χ1) is 44.0. The van der Waals surface area contributed by atoms with Crippen molar-refractivity contribution < 1.29 is 32.9 Å². The topological polar surface area (TPSA) is 105 Å². The number of phosphoric acid groups is 1. The van der Waals surface area contributed by atoms with Crippen LogP contribution >= 0.6 is 7.82 Å². The minimum atomic E-state index is -4.39. The van der Waals surface area contributed by atoms with Crippen molar-refractivity contribution in [2.45, 2.75) is 296 Å². The summed E-state index contributed by atoms with van der Waals surface area (Å²) in [6, 6.07) is -0.896. The first kappa shape index (κ1) is 85.9. The Kier molecular flexibility index (Phi) is 66.0. The zero-order valence-electron chi connectivity index (χ0n) is 58.6. The van der Waals surface area contributed by atoms with Crippen LogP contribution < -0.4 is 5.32 Å². The molecule has 0 radical (unpaired) electrons. The number of nitrogens with one attached hydrogen (secondary N) is 1. The molecule has 1 amide bonds. The number of aliphatic hydroxyl groups is 1. The van der Waals surface area contributed by atoms with Crippen molar-refractivity contribution in [2.75, 3.05) is 40.9 Å². The van der Waals surface area contributed by atoms with E-state index in [1.807, 2.05) is 27.2 Å². The number of rotatable bonds is 65. The number of aliphatic hydroxyl groups excluding tert-OH is 1. The van der Waals surface area contributed by atoms with Crippen LogP contribution in [0.3, 0.4) is 0 Å². The van der Waals surface area contributed by atoms with Crippen LogP contribution in [0.4, 0.5) is 0 Å². The molecule has 3 unspecified atom stereocenters. The van der Waals surface area contributed by atoms with Gasteiger partial charge in [0.05, 0.1) is 39.9 Å². The number of hydrogen-bond acceptors (Lipinski definition) is 5. The van der Waals surface area contributed by atoms with Gasteiger partial charge in [-0.2, -0.15) is 0 Å². The van der Waals surface area contributed by atoms with Gasteiger partial charge in [-0.15, -0.1) is 0 Å². The van der Waals surface area contributed by atoms with Crippen LogP contribution in [-0.2, 0) is 18.4 Å². The third kappa shape index (κ3) is 71.3. The van der Waals surface area contributed by atoms with Gasteiger partial charge in [-0.1, -0.05) is 319 Å². The number of unbranched alkanes of at least 4 members (excludes halogenated alkanes) is 26. The van der Waals surface area contributed by atoms with Gasteiger partial charge < -0.3 is 19.8 Å². The molecular weight excluding hydrogens is 1130 g/mol. The van der Waals surface area contributed by atoms with Crippen LogP contribution in [0, 0.1) is 0 Å². The Morgan fingerprint density at radius 3 is 1.02 bits per heavy atom. The van der Waals surface area contributed by atoms with E-state index in [9.17, 15) is 19.4 Å². The van der Waals surface area contributed by atoms with Crippen LogP contribution in [0.1, 0.15) is 284 Å². The maximum atomic E-state index is 13.1. The first-order valence-corrected chi connectivity index (χ1v) is 38.0. The maximum absolute atomic E-state index is 13.1. The summed E-state index contributed by atoms with van der Waals surface area (Å²) in [6.45, 7) is 4.66. The molecule has 0 heterocycles. The molecule has 0 fully saturated rings. The summed E-state index contributed by atoms with van der Waals surface area (Å²) in [4.78, 5) is 23.4. The Hall–Kier alpha value is -4.14. The number of likely N-dealkylation sites (N-methyl/N-ethyl adjacent to an activating group) is 1. The van der Waals surface area contributed by atoms with Gasteiger partial charge in [0.1, 0.15) is 13.2 Å². The van der Waals surface area contributed by atoms with Crippen molar-refractivity contribution in [1.82, 2.24) is 5.32 Å². The van der Waals surface area contributed by atoms with E-state index in [0.717, 1.165) is 135 Å². The Balaban J connectivity index is 4.24. The van der Waals surface area contributed by atoms with E-state index >= 15 is 0 Å². The number of nitrogens with zero attached hydrogens (tertiary/aromatic N) is 1. The molecule has 0 spiro atoms. The quantitative estimate of drug-likeness (QED) is 0.0243. The summed E-state index contributed by atoms with van der Waals surface area (Å²) in [5.74, 6) is -0.215. The fourth-order valence-corrected chi connectivity index (χ4v) is 10.5. The molecule has 0 saturated carbocycles. The Labute approximate surface area is 555 Å². The second-order valence-corrected chi connectivity index (χ2v) is 26.7. The average molecular weight is 1270 g/mol. The SMILES string of the molecule is CC/C=C\C/C=C\C/C=C\C/C=C\C/C=C\C/C=C\C/C=C\C/C=C\C/C=C\C/C=C\C/C=C\CCCCCCCC(=O)NC(COP(=O)(O)OCC[N+](C)(C)C)C(O)/C=C/CC/C=C/CC/C=C/CCCCCCCCCCCCCCCCCCCCC. The third-order valence-corrected chi connectivity index (χ3v) is 16.4. The van der Waals surface area contributed by atoms with E-state index < -0.39 is 20.0 Å². The van der Waals surface area contributed by atoms with Crippen LogP contribution in [0.2, 0.25) is 0 Å². The lowest BCUT2D eigenvalue weighted by Crippen LogP contribution is -2.45. The first-order valence-electron chi connectivity index (χ1n) is 36.5. The second kappa shape index (κ2) is 69.2. The predicted molar refractivity (Wildman–Crippen MR) is 396 cm³/mol. The average Bonchev–Trinajstić information content (AvgIpc) is 3.72. The van der Waals surface area contributed by atoms with Crippen molar-refractivity contribution in [1.29, 1.82) is 0 Å². The molecule has 512 valence electrons. The highest BCUT2D eigenvalue weighted by molar-refractivity contribution is 7.47. The van der Waals surface area contributed by atoms with Crippen molar-refractivity contribution in [3.05, 3.63) is 170 Å². The smallest absolute Gasteiger partial charge is 0.387 e. The molecule has 9 heteroatoms. The molecule has 8 nitrogen and oxygen atoms in total. The van der Waals surface area contributed by atoms with Gasteiger partial charge in [0.2, 0.25) is 5.91 Å². The molecule has 90 heavy (non-hydrogen) atoms. The highest BCUT2D eigenvalue weighted by Crippen LogP contribution is 2.43. The molecule has 0 bridgehead atoms. The number of carbonyl (C=O) groups is 1. The minimum absolute atomic E-state index is 0.0403. The predicted octanol–water partition coefficient (Wildman–Crippen LogP) is 23.9. The lowest BCUT2D eigenvalue weighted by Gasteiger charge is -2.25. The summed E-state index contributed by atoms with van der Waals surface area (Å²) in [6.07, 6.45) is 109. The van der Waals surface area contributed by atoms with E-state index in [2.05, 4.69) is 177 Å². The van der Waals surface area contributed by atoms with Gasteiger partial charge in [0.15, 0.2) is 0 Å². The maximum Gasteiger partial charge on any atom is 0.472 e. The molecule has 0 aliphatic carbocycles. The summed E-state index contributed by atoms with van der Waals surface area (Å²) >= 11 is 0. The van der Waals surface area contributed by atoms with Crippen molar-refractivity contribution in [3.8, 4) is 0 Å². The molecule has 0 aromatic heterocycles. The van der Waals surface area contributed by atoms with E-state index in [1.54, 1.807) is 6.08 Å². The number of allylic oxidation sites excluding steroid dienone is 27. The largest absolute Gasteiger partial charge is 0.472 e. The molecule has 0 aromatic rings. The summed E-state index contributed by atoms with van der Waals surface area (Å²) in [5.41, 5.74) is 0. The van der Waals surface area contributed by atoms with Gasteiger partial charge in [0.25, 0.3) is 0 Å². The van der Waals surface area contributed by atoms with Gasteiger partial charge in [-0.3, -0.25) is 13.8 Å². The number of amides is 1. The minimum Gasteiger partial charge on any atom is -0.387 e. The van der Waals surface area contributed by atoms with Gasteiger partial charge in [-0.25, -0.2) is 4.57 Å². The molecular formula is C81H138N2O6P+. The van der Waals surface area contributed by atoms with Crippen molar-refractivity contribution in [2.24, 2.45) is 0 Å². The van der Waals surface area contributed by atoms with Gasteiger partial charge in [-0.05, 0) is 128 Å². The van der Waals surface area contributed by atoms with Crippen LogP contribution in [0.15, 0.2) is 170 Å². The van der Waals surface area contributed by atoms with Crippen molar-refractivity contribution in [3.63, 3.8) is 0 Å². The third-order valence-electron chi connectivity index (χ3n) is 15.4. The zero-order valence-corrected chi connectivity index (χ0v) is 59.5. The molecule has 0 saturated heterocycles. The van der Waals surface area contributed by atoms with E-state index in [4.69, 9.17) is 9.05 Å². The summed E-state index contributed by atoms with van der Waals surface area (Å²) < 4.78 is 23.8. The standard InChI is InChI=1S/C81H137N2O6P/c1-6-8-10-12-14-16-18-20-22-24-26-28-30-32-34-36-37-38-39-40-41-42-43-44-45-47-49-51-53-55-57-59-61-63-65-67-69-71-73-75-81(85)82-79(78-89-90(86,87)88-77-76-83(3,4)5)80(84)74-72-70-68-66-64-62-60-58-56-54-52-50-48-46-35-33-31-29-27-25-23-21-19-17-15-13-11-9-7-2/h8,10,14,16,20,22,26,28,32,34,37-38,40-41,43-44,47,49,53,55-56,58-59,61,64,66,72,74,79-80,84H,6-7,9,11-13,15,17-19,21,23-25,27,29-31,33,35-36,39,42,45-46,48,50-52,54,57,60,62-63,65,67-71,73,75-78H2,1-5H3,(H-,82,85,86,87)/p+1/b10-8-,16-14-,22-20-,28-26-,34-32-,38-37-,41-40-,44-43-,49-47-,55-53-,58-56+,61-59-,66-64+,74-72+. The Morgan fingerprint density at radius 1 is 0.389 bits per heavy atom. The Morgan fingerprint density at radius 2 is 0.678 bits per heavy atom. The van der Waals surface area contributed by atoms with Crippen LogP contribution in [0.25, 0.3) is 0 Å². The zero-order chi connectivity index (χ0) is 65.5. The lowest BCUT2D eigenvalue weighted by molar-refractivity contribution is -0.870. The molecule has 0 aromatic carbocycles. The van der Waals surface area contributed by atoms with Crippen LogP contribution in [-0.4, -0.2) is 73.4 Å². The summed E-state index contributed by atoms with van der Waals surface area (Å²) in [5, 5.41) is 14.0. The normalized spacial score (nSPS) is 14.6. The molecule has 3 atom stereocenters. The number of phosphoric ester groups is 1. The highest BCUT2D eigenvalue weighted by atomic mass is 31.2. The van der Waals surface area contributed by atoms with Crippen molar-refractivity contribution >= 4 is 13.7 Å². The molecule has 0 aliphatic rings. The lowest BCUT2D eigenvalue weighted by atomic mass is 10.0. The molecule has 0 rings (SSSR count). The fraction of sp³-hybridized carbons (Fsp3) is 0.642. The summed E-state index contributed by atoms with van der Waals surface area (Å²) in [7, 11) is 1.51. The van der Waals surface area contributed by atoms with Gasteiger partial charge >= 0.3 is 7.82 Å². The Bertz CT molecular complexity index is 2080. The molecule has 3 N–H and O–H groups in total. The van der Waals surface area contributed by atoms with Gasteiger partial charge in [0, 0.05) is 6.42 Å². The highest BCUT2D eigenvalue weighted by Gasteiger charge is 2.28. The van der Waals surface area contributed by atoms with E-state index in [-0.39, 0.29) is 19.1 Å². The molecule has 0 aliphatic heterocycles. The van der Waals surface area contributed by atoms with E-state index in [1.165, 1.54) is 128 Å². The van der Waals surface area contributed by atoms with E-state index in [0.29, 0.717) is 17.4 Å².